The van der Waals surface area contributed by atoms with Gasteiger partial charge in [0.05, 0.1) is 6.07 Å². The van der Waals surface area contributed by atoms with Crippen molar-refractivity contribution in [2.75, 3.05) is 6.54 Å². The number of imide groups is 1. The van der Waals surface area contributed by atoms with E-state index in [1.807, 2.05) is 0 Å². The highest BCUT2D eigenvalue weighted by Gasteiger charge is 2.48. The zero-order valence-corrected chi connectivity index (χ0v) is 11.2. The molecule has 2 rings (SSSR count). The van der Waals surface area contributed by atoms with Crippen LogP contribution in [0.5, 0.6) is 0 Å². The summed E-state index contributed by atoms with van der Waals surface area (Å²) in [5.41, 5.74) is -0.418. The van der Waals surface area contributed by atoms with E-state index in [0.29, 0.717) is 5.56 Å². The summed E-state index contributed by atoms with van der Waals surface area (Å²) in [5.74, 6) is -0.406. The predicted molar refractivity (Wildman–Crippen MR) is 67.4 cm³/mol. The van der Waals surface area contributed by atoms with Gasteiger partial charge in [0.2, 0.25) is 0 Å². The highest BCUT2D eigenvalue weighted by Crippen LogP contribution is 2.29. The van der Waals surface area contributed by atoms with E-state index in [-0.39, 0.29) is 6.54 Å². The Balaban J connectivity index is 2.39. The molecule has 6 heteroatoms. The number of nitrogens with zero attached hydrogens (tertiary/aromatic N) is 2. The maximum atomic E-state index is 12.2. The maximum absolute atomic E-state index is 12.2. The van der Waals surface area contributed by atoms with E-state index in [2.05, 4.69) is 21.2 Å². The van der Waals surface area contributed by atoms with Crippen molar-refractivity contribution >= 4 is 27.9 Å². The number of rotatable bonds is 2. The summed E-state index contributed by atoms with van der Waals surface area (Å²) in [6.45, 7) is 1.39. The minimum absolute atomic E-state index is 0.239. The van der Waals surface area contributed by atoms with Gasteiger partial charge in [-0.2, -0.15) is 5.26 Å². The van der Waals surface area contributed by atoms with E-state index in [9.17, 15) is 9.59 Å². The van der Waals surface area contributed by atoms with Crippen molar-refractivity contribution in [1.29, 1.82) is 5.26 Å². The zero-order valence-electron chi connectivity index (χ0n) is 9.61. The topological polar surface area (TPSA) is 73.2 Å². The number of nitrogens with one attached hydrogen (secondary N) is 1. The molecule has 0 spiro atoms. The van der Waals surface area contributed by atoms with Crippen LogP contribution in [0, 0.1) is 11.3 Å². The molecule has 1 aromatic carbocycles. The number of carbonyl (C=O) groups excluding carboxylic acids is 2. The summed E-state index contributed by atoms with van der Waals surface area (Å²) >= 11 is 3.31. The summed E-state index contributed by atoms with van der Waals surface area (Å²) in [6, 6.07) is 8.39. The van der Waals surface area contributed by atoms with Gasteiger partial charge in [-0.15, -0.1) is 0 Å². The molecule has 1 aliphatic rings. The zero-order chi connectivity index (χ0) is 13.3. The van der Waals surface area contributed by atoms with E-state index in [0.717, 1.165) is 9.37 Å². The Morgan fingerprint density at radius 1 is 1.39 bits per heavy atom. The highest BCUT2D eigenvalue weighted by molar-refractivity contribution is 9.10. The minimum atomic E-state index is -1.10. The van der Waals surface area contributed by atoms with Gasteiger partial charge in [-0.3, -0.25) is 4.79 Å². The molecule has 18 heavy (non-hydrogen) atoms. The molecule has 1 aromatic rings. The number of hydrogen-bond donors (Lipinski definition) is 1. The first-order valence-corrected chi connectivity index (χ1v) is 6.05. The maximum Gasteiger partial charge on any atom is 0.326 e. The van der Waals surface area contributed by atoms with Gasteiger partial charge < -0.3 is 5.32 Å². The van der Waals surface area contributed by atoms with E-state index in [4.69, 9.17) is 5.26 Å². The van der Waals surface area contributed by atoms with E-state index in [1.54, 1.807) is 37.3 Å². The minimum Gasteiger partial charge on any atom is -0.319 e. The molecule has 92 valence electrons. The van der Waals surface area contributed by atoms with E-state index < -0.39 is 17.5 Å². The van der Waals surface area contributed by atoms with Gasteiger partial charge in [0, 0.05) is 4.47 Å². The Morgan fingerprint density at radius 2 is 2.00 bits per heavy atom. The van der Waals surface area contributed by atoms with Crippen molar-refractivity contribution in [3.8, 4) is 6.07 Å². The van der Waals surface area contributed by atoms with Crippen LogP contribution >= 0.6 is 15.9 Å². The lowest BCUT2D eigenvalue weighted by Crippen LogP contribution is -2.40. The molecule has 5 nitrogen and oxygen atoms in total. The second-order valence-electron chi connectivity index (χ2n) is 4.11. The quantitative estimate of drug-likeness (QED) is 0.668. The molecule has 1 saturated heterocycles. The summed E-state index contributed by atoms with van der Waals surface area (Å²) in [6.07, 6.45) is 0. The molecule has 1 fully saturated rings. The van der Waals surface area contributed by atoms with Crippen molar-refractivity contribution in [2.24, 2.45) is 0 Å². The molecule has 0 bridgehead atoms. The van der Waals surface area contributed by atoms with Gasteiger partial charge in [-0.05, 0) is 24.6 Å². The van der Waals surface area contributed by atoms with Gasteiger partial charge in [-0.1, -0.05) is 28.1 Å². The summed E-state index contributed by atoms with van der Waals surface area (Å²) in [7, 11) is 0. The second kappa shape index (κ2) is 4.42. The first kappa shape index (κ1) is 12.6. The Bertz CT molecular complexity index is 549. The molecule has 1 unspecified atom stereocenters. The Hall–Kier alpha value is -1.87. The molecule has 1 N–H and O–H groups in total. The summed E-state index contributed by atoms with van der Waals surface area (Å²) in [4.78, 5) is 24.8. The van der Waals surface area contributed by atoms with Crippen molar-refractivity contribution in [2.45, 2.75) is 12.5 Å². The number of halogens is 1. The summed E-state index contributed by atoms with van der Waals surface area (Å²) in [5, 5.41) is 11.2. The van der Waals surface area contributed by atoms with Crippen LogP contribution in [0.2, 0.25) is 0 Å². The van der Waals surface area contributed by atoms with Gasteiger partial charge in [0.15, 0.2) is 0 Å². The number of nitriles is 1. The van der Waals surface area contributed by atoms with Gasteiger partial charge in [0.25, 0.3) is 5.91 Å². The lowest BCUT2D eigenvalue weighted by molar-refractivity contribution is -0.130. The fraction of sp³-hybridized carbons (Fsp3) is 0.250. The van der Waals surface area contributed by atoms with Gasteiger partial charge in [-0.25, -0.2) is 9.69 Å². The lowest BCUT2D eigenvalue weighted by atomic mass is 9.92. The standard InChI is InChI=1S/C12H10BrN3O2/c1-12(8-2-4-9(13)5-3-8)10(17)16(7-6-14)11(18)15-12/h2-5H,7H2,1H3,(H,15,18). The molecule has 3 amide bonds. The van der Waals surface area contributed by atoms with Gasteiger partial charge >= 0.3 is 6.03 Å². The van der Waals surface area contributed by atoms with Crippen LogP contribution in [0.25, 0.3) is 0 Å². The molecule has 1 heterocycles. The number of carbonyl (C=O) groups is 2. The van der Waals surface area contributed by atoms with Crippen molar-refractivity contribution in [3.05, 3.63) is 34.3 Å². The number of hydrogen-bond acceptors (Lipinski definition) is 3. The number of benzene rings is 1. The van der Waals surface area contributed by atoms with Crippen LogP contribution in [-0.2, 0) is 10.3 Å². The normalized spacial score (nSPS) is 22.8. The number of amides is 3. The van der Waals surface area contributed by atoms with Gasteiger partial charge in [0.1, 0.15) is 12.1 Å². The summed E-state index contributed by atoms with van der Waals surface area (Å²) < 4.78 is 0.889. The van der Waals surface area contributed by atoms with Crippen LogP contribution in [0.4, 0.5) is 4.79 Å². The van der Waals surface area contributed by atoms with Crippen molar-refractivity contribution in [1.82, 2.24) is 10.2 Å². The van der Waals surface area contributed by atoms with Crippen LogP contribution in [0.15, 0.2) is 28.7 Å². The Kier molecular flexibility index (Phi) is 3.09. The van der Waals surface area contributed by atoms with E-state index in [1.165, 1.54) is 0 Å². The first-order valence-electron chi connectivity index (χ1n) is 5.26. The SMILES string of the molecule is CC1(c2ccc(Br)cc2)NC(=O)N(CC#N)C1=O. The van der Waals surface area contributed by atoms with Crippen molar-refractivity contribution < 1.29 is 9.59 Å². The third-order valence-corrected chi connectivity index (χ3v) is 3.45. The van der Waals surface area contributed by atoms with Crippen LogP contribution in [0.1, 0.15) is 12.5 Å². The largest absolute Gasteiger partial charge is 0.326 e. The van der Waals surface area contributed by atoms with Crippen LogP contribution in [0.3, 0.4) is 0 Å². The highest BCUT2D eigenvalue weighted by atomic mass is 79.9. The molecular formula is C12H10BrN3O2. The predicted octanol–water partition coefficient (Wildman–Crippen LogP) is 1.74. The fourth-order valence-electron chi connectivity index (χ4n) is 1.89. The molecule has 0 aliphatic carbocycles. The average molecular weight is 308 g/mol. The Morgan fingerprint density at radius 3 is 2.56 bits per heavy atom. The number of urea groups is 1. The lowest BCUT2D eigenvalue weighted by Gasteiger charge is -2.21. The molecular weight excluding hydrogens is 298 g/mol. The van der Waals surface area contributed by atoms with E-state index >= 15 is 0 Å². The Labute approximate surface area is 113 Å². The molecule has 1 atom stereocenters. The third kappa shape index (κ3) is 1.87. The van der Waals surface area contributed by atoms with Crippen molar-refractivity contribution in [3.63, 3.8) is 0 Å². The first-order chi connectivity index (χ1) is 8.49. The second-order valence-corrected chi connectivity index (χ2v) is 5.03. The third-order valence-electron chi connectivity index (χ3n) is 2.93. The fourth-order valence-corrected chi connectivity index (χ4v) is 2.15. The molecule has 0 radical (unpaired) electrons. The van der Waals surface area contributed by atoms with Crippen LogP contribution < -0.4 is 5.32 Å². The molecule has 0 aromatic heterocycles. The molecule has 0 saturated carbocycles. The average Bonchev–Trinajstić information content (AvgIpc) is 2.55. The smallest absolute Gasteiger partial charge is 0.319 e. The monoisotopic (exact) mass is 307 g/mol. The van der Waals surface area contributed by atoms with Crippen LogP contribution in [-0.4, -0.2) is 23.4 Å². The molecule has 1 aliphatic heterocycles.